The molecular formula is C16H16Br2ClN. The maximum absolute atomic E-state index is 6.29. The summed E-state index contributed by atoms with van der Waals surface area (Å²) in [7, 11) is 2.09. The first-order valence-corrected chi connectivity index (χ1v) is 8.65. The normalized spacial score (nSPS) is 12.2. The number of hydrogen-bond donors (Lipinski definition) is 0. The molecule has 0 amide bonds. The van der Waals surface area contributed by atoms with Crippen LogP contribution in [0.15, 0.2) is 46.9 Å². The van der Waals surface area contributed by atoms with E-state index in [0.717, 1.165) is 26.1 Å². The van der Waals surface area contributed by atoms with Crippen LogP contribution in [0.1, 0.15) is 24.1 Å². The van der Waals surface area contributed by atoms with Gasteiger partial charge in [0.15, 0.2) is 0 Å². The Kier molecular flexibility index (Phi) is 5.53. The van der Waals surface area contributed by atoms with Gasteiger partial charge in [0.2, 0.25) is 0 Å². The minimum Gasteiger partial charge on any atom is -0.367 e. The molecule has 1 unspecified atom stereocenters. The SMILES string of the molecule is CC(c1ccccc1Cl)N(C)c1ccc(CBr)cc1Br. The van der Waals surface area contributed by atoms with Crippen molar-refractivity contribution in [1.29, 1.82) is 0 Å². The molecule has 106 valence electrons. The van der Waals surface area contributed by atoms with Crippen LogP contribution in [0, 0.1) is 0 Å². The third-order valence-corrected chi connectivity index (χ3v) is 5.11. The molecule has 20 heavy (non-hydrogen) atoms. The van der Waals surface area contributed by atoms with E-state index in [0.29, 0.717) is 0 Å². The Balaban J connectivity index is 2.31. The van der Waals surface area contributed by atoms with Crippen molar-refractivity contribution in [2.75, 3.05) is 11.9 Å². The molecular weight excluding hydrogens is 401 g/mol. The van der Waals surface area contributed by atoms with Crippen LogP contribution in [0.4, 0.5) is 5.69 Å². The quantitative estimate of drug-likeness (QED) is 0.536. The van der Waals surface area contributed by atoms with Crippen molar-refractivity contribution < 1.29 is 0 Å². The van der Waals surface area contributed by atoms with E-state index >= 15 is 0 Å². The van der Waals surface area contributed by atoms with Crippen LogP contribution in [-0.2, 0) is 5.33 Å². The van der Waals surface area contributed by atoms with Gasteiger partial charge >= 0.3 is 0 Å². The fourth-order valence-electron chi connectivity index (χ4n) is 2.15. The molecule has 0 aliphatic heterocycles. The van der Waals surface area contributed by atoms with Crippen molar-refractivity contribution >= 4 is 49.1 Å². The van der Waals surface area contributed by atoms with Gasteiger partial charge in [-0.25, -0.2) is 0 Å². The molecule has 0 saturated heterocycles. The first kappa shape index (κ1) is 15.9. The van der Waals surface area contributed by atoms with Crippen LogP contribution in [-0.4, -0.2) is 7.05 Å². The van der Waals surface area contributed by atoms with Crippen molar-refractivity contribution in [3.8, 4) is 0 Å². The van der Waals surface area contributed by atoms with Gasteiger partial charge in [0, 0.05) is 21.9 Å². The molecule has 0 saturated carbocycles. The molecule has 0 aliphatic rings. The van der Waals surface area contributed by atoms with Gasteiger partial charge in [0.1, 0.15) is 0 Å². The summed E-state index contributed by atoms with van der Waals surface area (Å²) in [6.45, 7) is 2.16. The zero-order valence-corrected chi connectivity index (χ0v) is 15.3. The molecule has 0 aromatic heterocycles. The zero-order valence-electron chi connectivity index (χ0n) is 11.4. The lowest BCUT2D eigenvalue weighted by Crippen LogP contribution is -2.22. The van der Waals surface area contributed by atoms with Crippen molar-refractivity contribution in [2.45, 2.75) is 18.3 Å². The van der Waals surface area contributed by atoms with Crippen molar-refractivity contribution in [3.63, 3.8) is 0 Å². The molecule has 0 aliphatic carbocycles. The average molecular weight is 418 g/mol. The molecule has 2 rings (SSSR count). The topological polar surface area (TPSA) is 3.24 Å². The number of hydrogen-bond acceptors (Lipinski definition) is 1. The maximum Gasteiger partial charge on any atom is 0.0526 e. The molecule has 0 fully saturated rings. The number of benzene rings is 2. The molecule has 0 radical (unpaired) electrons. The highest BCUT2D eigenvalue weighted by molar-refractivity contribution is 9.10. The van der Waals surface area contributed by atoms with Crippen LogP contribution < -0.4 is 4.90 Å². The molecule has 0 N–H and O–H groups in total. The summed E-state index contributed by atoms with van der Waals surface area (Å²) in [4.78, 5) is 2.23. The van der Waals surface area contributed by atoms with Crippen LogP contribution in [0.2, 0.25) is 5.02 Å². The Morgan fingerprint density at radius 1 is 1.20 bits per heavy atom. The van der Waals surface area contributed by atoms with Crippen molar-refractivity contribution in [3.05, 3.63) is 63.1 Å². The maximum atomic E-state index is 6.29. The predicted octanol–water partition coefficient (Wildman–Crippen LogP) is 6.19. The van der Waals surface area contributed by atoms with Gasteiger partial charge in [-0.2, -0.15) is 0 Å². The van der Waals surface area contributed by atoms with E-state index < -0.39 is 0 Å². The Hall–Kier alpha value is -0.510. The number of rotatable bonds is 4. The molecule has 0 bridgehead atoms. The highest BCUT2D eigenvalue weighted by atomic mass is 79.9. The number of nitrogens with zero attached hydrogens (tertiary/aromatic N) is 1. The summed E-state index contributed by atoms with van der Waals surface area (Å²) in [5.41, 5.74) is 3.54. The first-order chi connectivity index (χ1) is 9.54. The Morgan fingerprint density at radius 2 is 1.90 bits per heavy atom. The summed E-state index contributed by atoms with van der Waals surface area (Å²) < 4.78 is 1.09. The second kappa shape index (κ2) is 6.97. The summed E-state index contributed by atoms with van der Waals surface area (Å²) >= 11 is 13.4. The standard InChI is InChI=1S/C16H16Br2ClN/c1-11(13-5-3-4-6-15(13)19)20(2)16-8-7-12(10-17)9-14(16)18/h3-9,11H,10H2,1-2H3. The van der Waals surface area contributed by atoms with E-state index in [1.54, 1.807) is 0 Å². The van der Waals surface area contributed by atoms with Crippen LogP contribution in [0.5, 0.6) is 0 Å². The molecule has 2 aromatic rings. The van der Waals surface area contributed by atoms with Gasteiger partial charge in [-0.05, 0) is 52.2 Å². The fourth-order valence-corrected chi connectivity index (χ4v) is 3.50. The molecule has 0 heterocycles. The van der Waals surface area contributed by atoms with Crippen LogP contribution >= 0.6 is 43.5 Å². The van der Waals surface area contributed by atoms with E-state index in [2.05, 4.69) is 75.0 Å². The van der Waals surface area contributed by atoms with Crippen molar-refractivity contribution in [2.24, 2.45) is 0 Å². The lowest BCUT2D eigenvalue weighted by atomic mass is 10.1. The van der Waals surface area contributed by atoms with E-state index in [1.165, 1.54) is 5.56 Å². The zero-order chi connectivity index (χ0) is 14.7. The van der Waals surface area contributed by atoms with Gasteiger partial charge in [0.25, 0.3) is 0 Å². The lowest BCUT2D eigenvalue weighted by Gasteiger charge is -2.29. The summed E-state index contributed by atoms with van der Waals surface area (Å²) in [5.74, 6) is 0. The Labute approximate surface area is 142 Å². The second-order valence-electron chi connectivity index (χ2n) is 4.73. The number of anilines is 1. The highest BCUT2D eigenvalue weighted by Crippen LogP contribution is 2.34. The molecule has 2 aromatic carbocycles. The summed E-state index contributed by atoms with van der Waals surface area (Å²) in [5, 5.41) is 1.66. The summed E-state index contributed by atoms with van der Waals surface area (Å²) in [6, 6.07) is 14.6. The third kappa shape index (κ3) is 3.38. The van der Waals surface area contributed by atoms with E-state index in [9.17, 15) is 0 Å². The van der Waals surface area contributed by atoms with Gasteiger partial charge in [-0.3, -0.25) is 0 Å². The lowest BCUT2D eigenvalue weighted by molar-refractivity contribution is 0.738. The molecule has 1 nitrogen and oxygen atoms in total. The smallest absolute Gasteiger partial charge is 0.0526 e. The Morgan fingerprint density at radius 3 is 2.50 bits per heavy atom. The van der Waals surface area contributed by atoms with E-state index in [4.69, 9.17) is 11.6 Å². The van der Waals surface area contributed by atoms with Gasteiger partial charge in [-0.1, -0.05) is 51.8 Å². The highest BCUT2D eigenvalue weighted by Gasteiger charge is 2.16. The monoisotopic (exact) mass is 415 g/mol. The fraction of sp³-hybridized carbons (Fsp3) is 0.250. The number of alkyl halides is 1. The predicted molar refractivity (Wildman–Crippen MR) is 95.0 cm³/mol. The van der Waals surface area contributed by atoms with Gasteiger partial charge in [0.05, 0.1) is 11.7 Å². The minimum atomic E-state index is 0.204. The van der Waals surface area contributed by atoms with Crippen molar-refractivity contribution in [1.82, 2.24) is 0 Å². The second-order valence-corrected chi connectivity index (χ2v) is 6.55. The van der Waals surface area contributed by atoms with Gasteiger partial charge in [-0.15, -0.1) is 0 Å². The van der Waals surface area contributed by atoms with E-state index in [-0.39, 0.29) is 6.04 Å². The minimum absolute atomic E-state index is 0.204. The van der Waals surface area contributed by atoms with Crippen LogP contribution in [0.3, 0.4) is 0 Å². The van der Waals surface area contributed by atoms with Crippen LogP contribution in [0.25, 0.3) is 0 Å². The molecule has 1 atom stereocenters. The number of halogens is 3. The average Bonchev–Trinajstić information content (AvgIpc) is 2.46. The molecule has 0 spiro atoms. The first-order valence-electron chi connectivity index (χ1n) is 6.36. The third-order valence-electron chi connectivity index (χ3n) is 3.48. The Bertz CT molecular complexity index is 601. The van der Waals surface area contributed by atoms with E-state index in [1.807, 2.05) is 18.2 Å². The summed E-state index contributed by atoms with van der Waals surface area (Å²) in [6.07, 6.45) is 0. The van der Waals surface area contributed by atoms with Gasteiger partial charge < -0.3 is 4.90 Å². The largest absolute Gasteiger partial charge is 0.367 e. The molecule has 4 heteroatoms.